The fourth-order valence-electron chi connectivity index (χ4n) is 1.13. The summed E-state index contributed by atoms with van der Waals surface area (Å²) in [5, 5.41) is 2.31. The van der Waals surface area contributed by atoms with Gasteiger partial charge in [0.1, 0.15) is 0 Å². The number of hydrogen-bond acceptors (Lipinski definition) is 4. The van der Waals surface area contributed by atoms with Gasteiger partial charge in [0.2, 0.25) is 0 Å². The highest BCUT2D eigenvalue weighted by Gasteiger charge is 2.07. The van der Waals surface area contributed by atoms with E-state index in [1.54, 1.807) is 14.2 Å². The van der Waals surface area contributed by atoms with Gasteiger partial charge in [0.25, 0.3) is 0 Å². The lowest BCUT2D eigenvalue weighted by molar-refractivity contribution is -0.106. The van der Waals surface area contributed by atoms with Gasteiger partial charge < -0.3 is 9.47 Å². The van der Waals surface area contributed by atoms with Gasteiger partial charge in [0, 0.05) is 19.8 Å². The van der Waals surface area contributed by atoms with Crippen molar-refractivity contribution < 1.29 is 9.47 Å². The fourth-order valence-corrected chi connectivity index (χ4v) is 1.23. The monoisotopic (exact) mass is 209 g/mol. The zero-order chi connectivity index (χ0) is 10.4. The molecule has 0 aliphatic rings. The number of hydrogen-bond donors (Lipinski definition) is 0. The second-order valence-corrected chi connectivity index (χ2v) is 2.78. The van der Waals surface area contributed by atoms with Gasteiger partial charge in [-0.3, -0.25) is 0 Å². The molecule has 1 rings (SSSR count). The number of isothiocyanates is 1. The summed E-state index contributed by atoms with van der Waals surface area (Å²) in [5.74, 6) is 0. The first-order valence-corrected chi connectivity index (χ1v) is 4.46. The molecule has 3 nitrogen and oxygen atoms in total. The quantitative estimate of drug-likeness (QED) is 0.434. The molecule has 0 bridgehead atoms. The molecule has 4 heteroatoms. The second kappa shape index (κ2) is 5.62. The third kappa shape index (κ3) is 2.72. The predicted molar refractivity (Wildman–Crippen MR) is 57.9 cm³/mol. The van der Waals surface area contributed by atoms with E-state index in [9.17, 15) is 0 Å². The molecule has 14 heavy (non-hydrogen) atoms. The van der Waals surface area contributed by atoms with Crippen molar-refractivity contribution in [2.24, 2.45) is 4.99 Å². The summed E-state index contributed by atoms with van der Waals surface area (Å²) in [6.07, 6.45) is -0.333. The largest absolute Gasteiger partial charge is 0.352 e. The number of ether oxygens (including phenoxy) is 2. The Hall–Kier alpha value is -1.06. The lowest BCUT2D eigenvalue weighted by Gasteiger charge is -2.13. The molecule has 0 atom stereocenters. The summed E-state index contributed by atoms with van der Waals surface area (Å²) >= 11 is 4.50. The summed E-state index contributed by atoms with van der Waals surface area (Å²) in [4.78, 5) is 3.84. The fraction of sp³-hybridized carbons (Fsp3) is 0.300. The molecule has 0 aromatic heterocycles. The second-order valence-electron chi connectivity index (χ2n) is 2.60. The van der Waals surface area contributed by atoms with Gasteiger partial charge in [-0.2, -0.15) is 4.99 Å². The average molecular weight is 209 g/mol. The maximum absolute atomic E-state index is 5.10. The van der Waals surface area contributed by atoms with Crippen molar-refractivity contribution >= 4 is 23.1 Å². The van der Waals surface area contributed by atoms with Crippen LogP contribution in [-0.4, -0.2) is 19.4 Å². The van der Waals surface area contributed by atoms with Crippen LogP contribution in [0.25, 0.3) is 0 Å². The van der Waals surface area contributed by atoms with Gasteiger partial charge in [0.15, 0.2) is 6.29 Å². The van der Waals surface area contributed by atoms with Crippen molar-refractivity contribution in [1.29, 1.82) is 0 Å². The lowest BCUT2D eigenvalue weighted by atomic mass is 10.2. The Bertz CT molecular complexity index is 326. The van der Waals surface area contributed by atoms with E-state index in [0.717, 1.165) is 11.3 Å². The summed E-state index contributed by atoms with van der Waals surface area (Å²) in [6, 6.07) is 7.42. The number of thiocarbonyl (C=S) groups is 1. The van der Waals surface area contributed by atoms with Crippen LogP contribution in [0.2, 0.25) is 0 Å². The zero-order valence-corrected chi connectivity index (χ0v) is 8.88. The standard InChI is InChI=1S/C10H11NO2S/c1-12-10(13-2)8-3-5-9(6-4-8)11-7-14/h3-6,10H,1-2H3. The highest BCUT2D eigenvalue weighted by molar-refractivity contribution is 7.78. The van der Waals surface area contributed by atoms with Crippen LogP contribution in [0.1, 0.15) is 11.9 Å². The third-order valence-electron chi connectivity index (χ3n) is 1.77. The molecular formula is C10H11NO2S. The van der Waals surface area contributed by atoms with Crippen LogP contribution in [0.3, 0.4) is 0 Å². The summed E-state index contributed by atoms with van der Waals surface area (Å²) in [7, 11) is 3.19. The van der Waals surface area contributed by atoms with Gasteiger partial charge in [-0.15, -0.1) is 0 Å². The maximum Gasteiger partial charge on any atom is 0.183 e. The van der Waals surface area contributed by atoms with E-state index in [1.807, 2.05) is 24.3 Å². The van der Waals surface area contributed by atoms with E-state index in [4.69, 9.17) is 9.47 Å². The third-order valence-corrected chi connectivity index (χ3v) is 1.86. The molecule has 74 valence electrons. The molecule has 1 aromatic carbocycles. The number of rotatable bonds is 4. The van der Waals surface area contributed by atoms with E-state index >= 15 is 0 Å². The number of nitrogens with zero attached hydrogens (tertiary/aromatic N) is 1. The molecule has 0 aliphatic heterocycles. The van der Waals surface area contributed by atoms with Gasteiger partial charge in [0.05, 0.1) is 10.8 Å². The van der Waals surface area contributed by atoms with Crippen LogP contribution in [0.5, 0.6) is 0 Å². The van der Waals surface area contributed by atoms with Crippen molar-refractivity contribution in [3.05, 3.63) is 29.8 Å². The van der Waals surface area contributed by atoms with Crippen molar-refractivity contribution in [3.63, 3.8) is 0 Å². The SMILES string of the molecule is COC(OC)c1ccc(N=C=S)cc1. The molecule has 0 spiro atoms. The molecule has 0 amide bonds. The Kier molecular flexibility index (Phi) is 4.43. The average Bonchev–Trinajstić information content (AvgIpc) is 2.23. The zero-order valence-electron chi connectivity index (χ0n) is 8.06. The van der Waals surface area contributed by atoms with E-state index in [2.05, 4.69) is 22.4 Å². The van der Waals surface area contributed by atoms with Crippen LogP contribution in [-0.2, 0) is 9.47 Å². The Labute approximate surface area is 88.4 Å². The van der Waals surface area contributed by atoms with Crippen LogP contribution in [0, 0.1) is 0 Å². The minimum Gasteiger partial charge on any atom is -0.352 e. The molecule has 0 radical (unpaired) electrons. The van der Waals surface area contributed by atoms with Gasteiger partial charge >= 0.3 is 0 Å². The van der Waals surface area contributed by atoms with Crippen LogP contribution < -0.4 is 0 Å². The highest BCUT2D eigenvalue weighted by atomic mass is 32.1. The van der Waals surface area contributed by atoms with E-state index in [-0.39, 0.29) is 6.29 Å². The summed E-state index contributed by atoms with van der Waals surface area (Å²) in [5.41, 5.74) is 1.72. The smallest absolute Gasteiger partial charge is 0.183 e. The molecule has 0 saturated heterocycles. The van der Waals surface area contributed by atoms with E-state index in [0.29, 0.717) is 0 Å². The normalized spacial score (nSPS) is 9.93. The maximum atomic E-state index is 5.10. The first kappa shape index (κ1) is 11.0. The summed E-state index contributed by atoms with van der Waals surface area (Å²) in [6.45, 7) is 0. The number of aliphatic imine (C=N–C) groups is 1. The minimum absolute atomic E-state index is 0.333. The van der Waals surface area contributed by atoms with E-state index in [1.165, 1.54) is 0 Å². The molecule has 0 unspecified atom stereocenters. The molecule has 0 fully saturated rings. The molecule has 1 aromatic rings. The van der Waals surface area contributed by atoms with Crippen molar-refractivity contribution in [3.8, 4) is 0 Å². The number of methoxy groups -OCH3 is 2. The first-order valence-electron chi connectivity index (χ1n) is 4.05. The van der Waals surface area contributed by atoms with Crippen LogP contribution in [0.15, 0.2) is 29.3 Å². The number of benzene rings is 1. The minimum atomic E-state index is -0.333. The molecule has 0 aliphatic carbocycles. The van der Waals surface area contributed by atoms with E-state index < -0.39 is 0 Å². The Morgan fingerprint density at radius 2 is 1.79 bits per heavy atom. The predicted octanol–water partition coefficient (Wildman–Crippen LogP) is 2.71. The first-order chi connectivity index (χ1) is 6.81. The molecular weight excluding hydrogens is 198 g/mol. The van der Waals surface area contributed by atoms with Crippen molar-refractivity contribution in [1.82, 2.24) is 0 Å². The Morgan fingerprint density at radius 3 is 2.21 bits per heavy atom. The Morgan fingerprint density at radius 1 is 1.21 bits per heavy atom. The van der Waals surface area contributed by atoms with Gasteiger partial charge in [-0.1, -0.05) is 12.1 Å². The topological polar surface area (TPSA) is 30.8 Å². The van der Waals surface area contributed by atoms with Crippen molar-refractivity contribution in [2.75, 3.05) is 14.2 Å². The lowest BCUT2D eigenvalue weighted by Crippen LogP contribution is -2.02. The van der Waals surface area contributed by atoms with Crippen LogP contribution in [0.4, 0.5) is 5.69 Å². The van der Waals surface area contributed by atoms with Gasteiger partial charge in [-0.25, -0.2) is 0 Å². The van der Waals surface area contributed by atoms with Gasteiger partial charge in [-0.05, 0) is 24.4 Å². The summed E-state index contributed by atoms with van der Waals surface area (Å²) < 4.78 is 10.2. The molecule has 0 N–H and O–H groups in total. The highest BCUT2D eigenvalue weighted by Crippen LogP contribution is 2.20. The molecule has 0 saturated carbocycles. The van der Waals surface area contributed by atoms with Crippen LogP contribution >= 0.6 is 12.2 Å². The van der Waals surface area contributed by atoms with Crippen molar-refractivity contribution in [2.45, 2.75) is 6.29 Å². The Balaban J connectivity index is 2.86. The molecule has 0 heterocycles.